The van der Waals surface area contributed by atoms with Gasteiger partial charge in [-0.15, -0.1) is 0 Å². The first-order valence-corrected chi connectivity index (χ1v) is 8.93. The quantitative estimate of drug-likeness (QED) is 0.775. The van der Waals surface area contributed by atoms with Crippen LogP contribution >= 0.6 is 0 Å². The Labute approximate surface area is 163 Å². The van der Waals surface area contributed by atoms with E-state index in [-0.39, 0.29) is 12.1 Å². The summed E-state index contributed by atoms with van der Waals surface area (Å²) in [6, 6.07) is 20.6. The summed E-state index contributed by atoms with van der Waals surface area (Å²) in [6.45, 7) is 6.04. The van der Waals surface area contributed by atoms with Crippen LogP contribution in [-0.4, -0.2) is 33.4 Å². The van der Waals surface area contributed by atoms with Crippen LogP contribution in [0.1, 0.15) is 31.9 Å². The Morgan fingerprint density at radius 2 is 1.43 bits per heavy atom. The molecule has 6 heteroatoms. The van der Waals surface area contributed by atoms with E-state index in [0.29, 0.717) is 0 Å². The van der Waals surface area contributed by atoms with E-state index in [0.717, 1.165) is 16.9 Å². The average Bonchev–Trinajstić information content (AvgIpc) is 3.12. The molecule has 0 aromatic heterocycles. The van der Waals surface area contributed by atoms with E-state index < -0.39 is 17.0 Å². The Balaban J connectivity index is 0.000000516. The smallest absolute Gasteiger partial charge is 0.470 e. The summed E-state index contributed by atoms with van der Waals surface area (Å²) in [6.07, 6.45) is -0.148. The standard InChI is InChI=1S/C21H21NO2.CH2O3/c1-20(2)18(23)22-14-17(24-19(20)22)21(3,15-10-6-4-7-11-15)16-12-8-5-9-13-16;2-1(3)4/h4-14,19H,1-3H3;(H2,2,3,4). The van der Waals surface area contributed by atoms with Gasteiger partial charge in [-0.3, -0.25) is 9.69 Å². The van der Waals surface area contributed by atoms with Gasteiger partial charge in [-0.2, -0.15) is 0 Å². The van der Waals surface area contributed by atoms with Gasteiger partial charge >= 0.3 is 6.16 Å². The van der Waals surface area contributed by atoms with Crippen LogP contribution in [0.15, 0.2) is 72.6 Å². The van der Waals surface area contributed by atoms with Crippen molar-refractivity contribution >= 4 is 12.1 Å². The SMILES string of the molecule is CC(C1=CN2C(=O)C(C)(C)C2O1)(c1ccccc1)c1ccccc1.O=C(O)O. The van der Waals surface area contributed by atoms with Crippen molar-refractivity contribution < 1.29 is 24.5 Å². The lowest BCUT2D eigenvalue weighted by molar-refractivity contribution is -0.185. The number of fused-ring (bicyclic) bond motifs is 1. The molecular formula is C22H23NO5. The maximum atomic E-state index is 12.3. The summed E-state index contributed by atoms with van der Waals surface area (Å²) in [5.41, 5.74) is 1.40. The zero-order valence-electron chi connectivity index (χ0n) is 16.0. The fraction of sp³-hybridized carbons (Fsp3) is 0.273. The molecular weight excluding hydrogens is 358 g/mol. The molecule has 28 heavy (non-hydrogen) atoms. The highest BCUT2D eigenvalue weighted by atomic mass is 16.6. The molecule has 2 aromatic rings. The molecule has 0 aliphatic carbocycles. The molecule has 0 radical (unpaired) electrons. The Bertz CT molecular complexity index is 862. The number of nitrogens with zero attached hydrogens (tertiary/aromatic N) is 1. The van der Waals surface area contributed by atoms with Crippen molar-refractivity contribution in [1.82, 2.24) is 4.90 Å². The van der Waals surface area contributed by atoms with Crippen LogP contribution in [0.2, 0.25) is 0 Å². The molecule has 1 atom stereocenters. The van der Waals surface area contributed by atoms with E-state index >= 15 is 0 Å². The zero-order chi connectivity index (χ0) is 20.5. The first-order chi connectivity index (χ1) is 13.2. The van der Waals surface area contributed by atoms with E-state index in [4.69, 9.17) is 19.7 Å². The molecule has 2 aliphatic rings. The van der Waals surface area contributed by atoms with Gasteiger partial charge in [0.05, 0.1) is 5.41 Å². The van der Waals surface area contributed by atoms with Gasteiger partial charge in [-0.05, 0) is 31.9 Å². The van der Waals surface area contributed by atoms with E-state index in [9.17, 15) is 4.79 Å². The molecule has 4 rings (SSSR count). The van der Waals surface area contributed by atoms with E-state index in [1.165, 1.54) is 0 Å². The predicted molar refractivity (Wildman–Crippen MR) is 104 cm³/mol. The molecule has 0 spiro atoms. The Hall–Kier alpha value is -3.28. The van der Waals surface area contributed by atoms with Crippen molar-refractivity contribution in [1.29, 1.82) is 0 Å². The summed E-state index contributed by atoms with van der Waals surface area (Å²) in [5, 5.41) is 13.9. The van der Waals surface area contributed by atoms with Crippen molar-refractivity contribution in [2.24, 2.45) is 5.41 Å². The summed E-state index contributed by atoms with van der Waals surface area (Å²) in [4.78, 5) is 22.6. The summed E-state index contributed by atoms with van der Waals surface area (Å²) in [5.74, 6) is 0.940. The number of amides is 1. The molecule has 1 fully saturated rings. The van der Waals surface area contributed by atoms with Gasteiger partial charge in [-0.1, -0.05) is 60.7 Å². The lowest BCUT2D eigenvalue weighted by Crippen LogP contribution is -2.62. The fourth-order valence-corrected chi connectivity index (χ4v) is 3.67. The van der Waals surface area contributed by atoms with E-state index in [2.05, 4.69) is 31.2 Å². The number of β-lactam (4-membered cyclic amide) rings is 1. The molecule has 0 bridgehead atoms. The van der Waals surface area contributed by atoms with Crippen LogP contribution < -0.4 is 0 Å². The minimum absolute atomic E-state index is 0.117. The maximum Gasteiger partial charge on any atom is 0.503 e. The Morgan fingerprint density at radius 3 is 1.82 bits per heavy atom. The van der Waals surface area contributed by atoms with Gasteiger partial charge < -0.3 is 14.9 Å². The third kappa shape index (κ3) is 3.11. The highest BCUT2D eigenvalue weighted by molar-refractivity contribution is 5.90. The number of carbonyl (C=O) groups is 2. The molecule has 2 heterocycles. The van der Waals surface area contributed by atoms with Crippen molar-refractivity contribution in [3.8, 4) is 0 Å². The fourth-order valence-electron chi connectivity index (χ4n) is 3.67. The first-order valence-electron chi connectivity index (χ1n) is 8.93. The largest absolute Gasteiger partial charge is 0.503 e. The molecule has 2 N–H and O–H groups in total. The van der Waals surface area contributed by atoms with Gasteiger partial charge in [-0.25, -0.2) is 4.79 Å². The second-order valence-corrected chi connectivity index (χ2v) is 7.54. The minimum atomic E-state index is -1.83. The number of carbonyl (C=O) groups excluding carboxylic acids is 1. The highest BCUT2D eigenvalue weighted by Gasteiger charge is 2.60. The highest BCUT2D eigenvalue weighted by Crippen LogP contribution is 2.50. The van der Waals surface area contributed by atoms with E-state index in [1.54, 1.807) is 4.90 Å². The molecule has 1 saturated heterocycles. The van der Waals surface area contributed by atoms with Crippen LogP contribution in [0, 0.1) is 5.41 Å². The lowest BCUT2D eigenvalue weighted by atomic mass is 9.75. The molecule has 6 nitrogen and oxygen atoms in total. The normalized spacial score (nSPS) is 19.4. The number of allylic oxidation sites excluding steroid dienone is 1. The van der Waals surface area contributed by atoms with Gasteiger partial charge in [0, 0.05) is 6.20 Å². The van der Waals surface area contributed by atoms with Crippen LogP contribution in [-0.2, 0) is 14.9 Å². The molecule has 146 valence electrons. The number of hydrogen-bond donors (Lipinski definition) is 2. The van der Waals surface area contributed by atoms with Crippen LogP contribution in [0.3, 0.4) is 0 Å². The molecule has 1 unspecified atom stereocenters. The Morgan fingerprint density at radius 1 is 1.00 bits per heavy atom. The second-order valence-electron chi connectivity index (χ2n) is 7.54. The van der Waals surface area contributed by atoms with Gasteiger partial charge in [0.15, 0.2) is 6.23 Å². The van der Waals surface area contributed by atoms with Crippen LogP contribution in [0.25, 0.3) is 0 Å². The number of benzene rings is 2. The average molecular weight is 381 g/mol. The maximum absolute atomic E-state index is 12.3. The first kappa shape index (κ1) is 19.5. The summed E-state index contributed by atoms with van der Waals surface area (Å²) >= 11 is 0. The van der Waals surface area contributed by atoms with Crippen LogP contribution in [0.5, 0.6) is 0 Å². The number of hydrogen-bond acceptors (Lipinski definition) is 3. The molecule has 2 aliphatic heterocycles. The van der Waals surface area contributed by atoms with E-state index in [1.807, 2.05) is 56.4 Å². The number of rotatable bonds is 3. The molecule has 1 amide bonds. The van der Waals surface area contributed by atoms with Crippen molar-refractivity contribution in [2.75, 3.05) is 0 Å². The lowest BCUT2D eigenvalue weighted by Gasteiger charge is -2.46. The summed E-state index contributed by atoms with van der Waals surface area (Å²) < 4.78 is 6.29. The van der Waals surface area contributed by atoms with Gasteiger partial charge in [0.1, 0.15) is 11.2 Å². The number of ether oxygens (including phenoxy) is 1. The van der Waals surface area contributed by atoms with Gasteiger partial charge in [0.25, 0.3) is 0 Å². The third-order valence-electron chi connectivity index (χ3n) is 5.35. The van der Waals surface area contributed by atoms with Crippen molar-refractivity contribution in [3.63, 3.8) is 0 Å². The second kappa shape index (κ2) is 7.03. The minimum Gasteiger partial charge on any atom is -0.470 e. The number of carboxylic acid groups (broad SMARTS) is 2. The van der Waals surface area contributed by atoms with Crippen molar-refractivity contribution in [2.45, 2.75) is 32.4 Å². The van der Waals surface area contributed by atoms with Crippen molar-refractivity contribution in [3.05, 3.63) is 83.7 Å². The zero-order valence-corrected chi connectivity index (χ0v) is 16.0. The molecule has 0 saturated carbocycles. The monoisotopic (exact) mass is 381 g/mol. The Kier molecular flexibility index (Phi) is 4.89. The van der Waals surface area contributed by atoms with Crippen LogP contribution in [0.4, 0.5) is 4.79 Å². The topological polar surface area (TPSA) is 87.1 Å². The predicted octanol–water partition coefficient (Wildman–Crippen LogP) is 4.28. The molecule has 2 aromatic carbocycles. The van der Waals surface area contributed by atoms with Gasteiger partial charge in [0.2, 0.25) is 5.91 Å². The summed E-state index contributed by atoms with van der Waals surface area (Å²) in [7, 11) is 0. The third-order valence-corrected chi connectivity index (χ3v) is 5.35.